The average molecular weight is 348 g/mol. The number of pyridine rings is 1. The van der Waals surface area contributed by atoms with Gasteiger partial charge in [-0.15, -0.1) is 5.10 Å². The van der Waals surface area contributed by atoms with Crippen molar-refractivity contribution in [3.63, 3.8) is 0 Å². The lowest BCUT2D eigenvalue weighted by Gasteiger charge is -2.17. The largest absolute Gasteiger partial charge is 0.271 e. The molecule has 3 aromatic rings. The zero-order valence-electron chi connectivity index (χ0n) is 14.9. The number of aryl methyl sites for hydroxylation is 2. The van der Waals surface area contributed by atoms with Gasteiger partial charge in [0.1, 0.15) is 12.1 Å². The molecule has 1 amide bonds. The number of anilines is 1. The molecule has 0 fully saturated rings. The van der Waals surface area contributed by atoms with Gasteiger partial charge in [0.05, 0.1) is 0 Å². The summed E-state index contributed by atoms with van der Waals surface area (Å²) in [4.78, 5) is 20.5. The first-order chi connectivity index (χ1) is 12.5. The summed E-state index contributed by atoms with van der Waals surface area (Å²) in [5, 5.41) is 5.94. The number of carbonyl (C=O) groups excluding carboxylic acids is 1. The SMILES string of the molecule is Cc1cc(C)cc(-c2ncn(/C=C\C(=O)NN(C)c3ccccn3)n2)c1. The summed E-state index contributed by atoms with van der Waals surface area (Å²) >= 11 is 0. The van der Waals surface area contributed by atoms with Gasteiger partial charge >= 0.3 is 0 Å². The van der Waals surface area contributed by atoms with Gasteiger partial charge in [-0.2, -0.15) is 0 Å². The van der Waals surface area contributed by atoms with Crippen molar-refractivity contribution in [3.05, 3.63) is 66.1 Å². The van der Waals surface area contributed by atoms with E-state index in [9.17, 15) is 4.79 Å². The molecule has 2 heterocycles. The van der Waals surface area contributed by atoms with Crippen molar-refractivity contribution < 1.29 is 4.79 Å². The number of hydrazine groups is 1. The first-order valence-electron chi connectivity index (χ1n) is 8.14. The van der Waals surface area contributed by atoms with Crippen molar-refractivity contribution in [2.24, 2.45) is 0 Å². The summed E-state index contributed by atoms with van der Waals surface area (Å²) in [6, 6.07) is 11.6. The highest BCUT2D eigenvalue weighted by Gasteiger charge is 2.06. The minimum absolute atomic E-state index is 0.290. The molecule has 0 aliphatic carbocycles. The molecule has 0 bridgehead atoms. The minimum Gasteiger partial charge on any atom is -0.271 e. The third kappa shape index (κ3) is 4.32. The molecule has 0 saturated heterocycles. The third-order valence-electron chi connectivity index (χ3n) is 3.64. The molecule has 1 aromatic carbocycles. The molecule has 0 radical (unpaired) electrons. The van der Waals surface area contributed by atoms with Gasteiger partial charge in [-0.1, -0.05) is 23.3 Å². The van der Waals surface area contributed by atoms with Crippen LogP contribution in [0, 0.1) is 13.8 Å². The summed E-state index contributed by atoms with van der Waals surface area (Å²) in [6.45, 7) is 4.08. The zero-order valence-corrected chi connectivity index (χ0v) is 14.9. The lowest BCUT2D eigenvalue weighted by Crippen LogP contribution is -2.38. The maximum atomic E-state index is 12.0. The van der Waals surface area contributed by atoms with Gasteiger partial charge in [-0.25, -0.2) is 14.6 Å². The lowest BCUT2D eigenvalue weighted by molar-refractivity contribution is -0.116. The van der Waals surface area contributed by atoms with Gasteiger partial charge < -0.3 is 0 Å². The Bertz CT molecular complexity index is 912. The van der Waals surface area contributed by atoms with E-state index in [4.69, 9.17) is 0 Å². The topological polar surface area (TPSA) is 75.9 Å². The Balaban J connectivity index is 1.65. The first kappa shape index (κ1) is 17.3. The van der Waals surface area contributed by atoms with Crippen molar-refractivity contribution in [2.75, 3.05) is 12.1 Å². The monoisotopic (exact) mass is 348 g/mol. The van der Waals surface area contributed by atoms with Crippen molar-refractivity contribution in [1.82, 2.24) is 25.2 Å². The van der Waals surface area contributed by atoms with Gasteiger partial charge in [-0.3, -0.25) is 15.2 Å². The van der Waals surface area contributed by atoms with Crippen LogP contribution in [0.3, 0.4) is 0 Å². The van der Waals surface area contributed by atoms with Crippen molar-refractivity contribution in [2.45, 2.75) is 13.8 Å². The molecule has 26 heavy (non-hydrogen) atoms. The Kier molecular flexibility index (Phi) is 5.07. The normalized spacial score (nSPS) is 10.9. The quantitative estimate of drug-likeness (QED) is 0.566. The van der Waals surface area contributed by atoms with Crippen LogP contribution in [0.15, 0.2) is 55.0 Å². The Morgan fingerprint density at radius 2 is 1.92 bits per heavy atom. The zero-order chi connectivity index (χ0) is 18.5. The van der Waals surface area contributed by atoms with Gasteiger partial charge in [0, 0.05) is 31.1 Å². The van der Waals surface area contributed by atoms with E-state index in [1.807, 2.05) is 38.1 Å². The summed E-state index contributed by atoms with van der Waals surface area (Å²) in [5.41, 5.74) is 5.97. The standard InChI is InChI=1S/C19H20N6O/c1-14-10-15(2)12-16(11-14)19-21-13-25(23-19)9-7-18(26)22-24(3)17-6-4-5-8-20-17/h4-13H,1-3H3,(H,22,26)/b9-7-. The Labute approximate surface area is 152 Å². The molecular formula is C19H20N6O. The lowest BCUT2D eigenvalue weighted by atomic mass is 10.1. The molecule has 2 aromatic heterocycles. The van der Waals surface area contributed by atoms with Crippen LogP contribution in [0.5, 0.6) is 0 Å². The molecule has 132 valence electrons. The van der Waals surface area contributed by atoms with E-state index >= 15 is 0 Å². The molecule has 3 rings (SSSR count). The molecule has 0 spiro atoms. The molecule has 0 saturated carbocycles. The molecule has 1 N–H and O–H groups in total. The summed E-state index contributed by atoms with van der Waals surface area (Å²) < 4.78 is 1.51. The highest BCUT2D eigenvalue weighted by molar-refractivity contribution is 5.90. The first-order valence-corrected chi connectivity index (χ1v) is 8.14. The van der Waals surface area contributed by atoms with Crippen LogP contribution in [0.25, 0.3) is 17.6 Å². The van der Waals surface area contributed by atoms with Crippen LogP contribution in [0.2, 0.25) is 0 Å². The molecular weight excluding hydrogens is 328 g/mol. The Morgan fingerprint density at radius 3 is 2.62 bits per heavy atom. The fourth-order valence-corrected chi connectivity index (χ4v) is 2.54. The molecule has 0 unspecified atom stereocenters. The van der Waals surface area contributed by atoms with Gasteiger partial charge in [0.2, 0.25) is 0 Å². The van der Waals surface area contributed by atoms with Crippen LogP contribution < -0.4 is 10.4 Å². The molecule has 7 heteroatoms. The van der Waals surface area contributed by atoms with Crippen LogP contribution in [-0.4, -0.2) is 32.7 Å². The van der Waals surface area contributed by atoms with E-state index in [1.165, 1.54) is 10.8 Å². The van der Waals surface area contributed by atoms with Crippen LogP contribution in [0.1, 0.15) is 11.1 Å². The highest BCUT2D eigenvalue weighted by atomic mass is 16.2. The second-order valence-electron chi connectivity index (χ2n) is 5.96. The van der Waals surface area contributed by atoms with E-state index in [-0.39, 0.29) is 5.91 Å². The van der Waals surface area contributed by atoms with Crippen LogP contribution >= 0.6 is 0 Å². The maximum absolute atomic E-state index is 12.0. The number of aromatic nitrogens is 4. The number of hydrogen-bond acceptors (Lipinski definition) is 5. The fourth-order valence-electron chi connectivity index (χ4n) is 2.54. The van der Waals surface area contributed by atoms with Gasteiger partial charge in [0.15, 0.2) is 5.82 Å². The Morgan fingerprint density at radius 1 is 1.15 bits per heavy atom. The third-order valence-corrected chi connectivity index (χ3v) is 3.64. The number of nitrogens with zero attached hydrogens (tertiary/aromatic N) is 5. The summed E-state index contributed by atoms with van der Waals surface area (Å²) in [7, 11) is 1.72. The van der Waals surface area contributed by atoms with E-state index in [2.05, 4.69) is 26.6 Å². The summed E-state index contributed by atoms with van der Waals surface area (Å²) in [6.07, 6.45) is 6.18. The van der Waals surface area contributed by atoms with Crippen LogP contribution in [0.4, 0.5) is 5.82 Å². The van der Waals surface area contributed by atoms with E-state index in [0.717, 1.165) is 16.7 Å². The molecule has 0 aliphatic rings. The average Bonchev–Trinajstić information content (AvgIpc) is 3.09. The summed E-state index contributed by atoms with van der Waals surface area (Å²) in [5.74, 6) is 0.973. The van der Waals surface area contributed by atoms with Gasteiger partial charge in [-0.05, 0) is 38.1 Å². The number of hydrogen-bond donors (Lipinski definition) is 1. The van der Waals surface area contributed by atoms with Crippen molar-refractivity contribution >= 4 is 17.9 Å². The van der Waals surface area contributed by atoms with Crippen molar-refractivity contribution in [1.29, 1.82) is 0 Å². The number of carbonyl (C=O) groups is 1. The second kappa shape index (κ2) is 7.60. The van der Waals surface area contributed by atoms with Crippen molar-refractivity contribution in [3.8, 4) is 11.4 Å². The molecule has 0 atom stereocenters. The number of amides is 1. The number of rotatable bonds is 5. The van der Waals surface area contributed by atoms with Crippen LogP contribution in [-0.2, 0) is 4.79 Å². The molecule has 7 nitrogen and oxygen atoms in total. The minimum atomic E-state index is -0.290. The Hall–Kier alpha value is -3.48. The predicted octanol–water partition coefficient (Wildman–Crippen LogP) is 2.60. The van der Waals surface area contributed by atoms with E-state index in [0.29, 0.717) is 11.6 Å². The second-order valence-corrected chi connectivity index (χ2v) is 5.96. The maximum Gasteiger partial charge on any atom is 0.264 e. The van der Waals surface area contributed by atoms with Gasteiger partial charge in [0.25, 0.3) is 5.91 Å². The number of benzene rings is 1. The van der Waals surface area contributed by atoms with E-state index in [1.54, 1.807) is 36.8 Å². The number of nitrogens with one attached hydrogen (secondary N) is 1. The smallest absolute Gasteiger partial charge is 0.264 e. The van der Waals surface area contributed by atoms with E-state index < -0.39 is 0 Å². The highest BCUT2D eigenvalue weighted by Crippen LogP contribution is 2.18. The fraction of sp³-hybridized carbons (Fsp3) is 0.158. The molecule has 0 aliphatic heterocycles. The predicted molar refractivity (Wildman–Crippen MR) is 101 cm³/mol.